The normalized spacial score (nSPS) is 12.0. The first-order valence-corrected chi connectivity index (χ1v) is 8.65. The van der Waals surface area contributed by atoms with Crippen molar-refractivity contribution >= 4 is 21.8 Å². The Kier molecular flexibility index (Phi) is 6.52. The summed E-state index contributed by atoms with van der Waals surface area (Å²) in [7, 11) is -0.568. The number of hydrogen-bond donors (Lipinski definition) is 1. The Morgan fingerprint density at radius 3 is 2.32 bits per heavy atom. The molecule has 0 bridgehead atoms. The summed E-state index contributed by atoms with van der Waals surface area (Å²) in [4.78, 5) is 13.6. The van der Waals surface area contributed by atoms with Crippen LogP contribution in [-0.4, -0.2) is 45.8 Å². The maximum Gasteiger partial charge on any atom is 0.278 e. The molecule has 0 aliphatic heterocycles. The standard InChI is InChI=1S/C15H25N3O3S/c1-12(2)14-8-6-7-9-15(14)18(13(3)19)11-10-16-22(20,21)17(4)5/h6-9,12,16H,10-11H2,1-5H3. The second-order valence-electron chi connectivity index (χ2n) is 5.57. The fourth-order valence-corrected chi connectivity index (χ4v) is 2.69. The Morgan fingerprint density at radius 2 is 1.82 bits per heavy atom. The van der Waals surface area contributed by atoms with Crippen LogP contribution in [0.15, 0.2) is 24.3 Å². The second kappa shape index (κ2) is 7.71. The highest BCUT2D eigenvalue weighted by Crippen LogP contribution is 2.27. The number of nitrogens with zero attached hydrogens (tertiary/aromatic N) is 2. The van der Waals surface area contributed by atoms with Crippen LogP contribution in [0.4, 0.5) is 5.69 Å². The lowest BCUT2D eigenvalue weighted by atomic mass is 10.0. The molecule has 0 heterocycles. The molecule has 0 radical (unpaired) electrons. The molecule has 1 aromatic carbocycles. The van der Waals surface area contributed by atoms with Gasteiger partial charge in [-0.3, -0.25) is 4.79 Å². The molecule has 1 amide bonds. The van der Waals surface area contributed by atoms with E-state index < -0.39 is 10.2 Å². The van der Waals surface area contributed by atoms with E-state index in [1.807, 2.05) is 24.3 Å². The Morgan fingerprint density at radius 1 is 1.23 bits per heavy atom. The predicted octanol–water partition coefficient (Wildman–Crippen LogP) is 1.56. The predicted molar refractivity (Wildman–Crippen MR) is 89.2 cm³/mol. The van der Waals surface area contributed by atoms with Crippen LogP contribution >= 0.6 is 0 Å². The first kappa shape index (κ1) is 18.6. The number of nitrogens with one attached hydrogen (secondary N) is 1. The van der Waals surface area contributed by atoms with E-state index in [9.17, 15) is 13.2 Å². The van der Waals surface area contributed by atoms with Gasteiger partial charge in [0.15, 0.2) is 0 Å². The van der Waals surface area contributed by atoms with E-state index in [0.717, 1.165) is 15.6 Å². The van der Waals surface area contributed by atoms with Gasteiger partial charge in [0, 0.05) is 39.8 Å². The Hall–Kier alpha value is -1.44. The Balaban J connectivity index is 2.91. The lowest BCUT2D eigenvalue weighted by Gasteiger charge is -2.25. The average Bonchev–Trinajstić information content (AvgIpc) is 2.43. The van der Waals surface area contributed by atoms with Crippen molar-refractivity contribution in [3.8, 4) is 0 Å². The van der Waals surface area contributed by atoms with Crippen molar-refractivity contribution in [2.24, 2.45) is 0 Å². The summed E-state index contributed by atoms with van der Waals surface area (Å²) >= 11 is 0. The number of benzene rings is 1. The SMILES string of the molecule is CC(=O)N(CCNS(=O)(=O)N(C)C)c1ccccc1C(C)C. The van der Waals surface area contributed by atoms with Crippen LogP contribution in [0, 0.1) is 0 Å². The quantitative estimate of drug-likeness (QED) is 0.826. The Labute approximate surface area is 133 Å². The van der Waals surface area contributed by atoms with Gasteiger partial charge >= 0.3 is 0 Å². The van der Waals surface area contributed by atoms with Crippen LogP contribution in [-0.2, 0) is 15.0 Å². The summed E-state index contributed by atoms with van der Waals surface area (Å²) < 4.78 is 27.0. The molecule has 0 aromatic heterocycles. The van der Waals surface area contributed by atoms with E-state index in [4.69, 9.17) is 0 Å². The minimum Gasteiger partial charge on any atom is -0.311 e. The monoisotopic (exact) mass is 327 g/mol. The van der Waals surface area contributed by atoms with E-state index in [1.165, 1.54) is 21.0 Å². The summed E-state index contributed by atoms with van der Waals surface area (Å²) in [5.74, 6) is 0.161. The van der Waals surface area contributed by atoms with Crippen LogP contribution in [0.2, 0.25) is 0 Å². The third-order valence-corrected chi connectivity index (χ3v) is 4.86. The van der Waals surface area contributed by atoms with Gasteiger partial charge in [0.05, 0.1) is 0 Å². The maximum absolute atomic E-state index is 11.9. The van der Waals surface area contributed by atoms with Crippen LogP contribution in [0.3, 0.4) is 0 Å². The van der Waals surface area contributed by atoms with Gasteiger partial charge in [-0.2, -0.15) is 12.7 Å². The molecule has 0 aliphatic carbocycles. The van der Waals surface area contributed by atoms with Gasteiger partial charge in [-0.1, -0.05) is 32.0 Å². The van der Waals surface area contributed by atoms with Gasteiger partial charge in [-0.25, -0.2) is 4.72 Å². The molecule has 124 valence electrons. The van der Waals surface area contributed by atoms with Gasteiger partial charge in [0.25, 0.3) is 10.2 Å². The summed E-state index contributed by atoms with van der Waals surface area (Å²) in [5.41, 5.74) is 1.89. The van der Waals surface area contributed by atoms with Gasteiger partial charge in [0.2, 0.25) is 5.91 Å². The molecule has 1 N–H and O–H groups in total. The maximum atomic E-state index is 11.9. The number of rotatable bonds is 7. The van der Waals surface area contributed by atoms with Gasteiger partial charge in [-0.05, 0) is 17.5 Å². The number of carbonyl (C=O) groups is 1. The fourth-order valence-electron chi connectivity index (χ4n) is 2.08. The summed E-state index contributed by atoms with van der Waals surface area (Å²) in [6, 6.07) is 7.68. The Bertz CT molecular complexity index is 612. The highest BCUT2D eigenvalue weighted by Gasteiger charge is 2.18. The highest BCUT2D eigenvalue weighted by atomic mass is 32.2. The van der Waals surface area contributed by atoms with E-state index in [-0.39, 0.29) is 24.9 Å². The molecule has 0 spiro atoms. The smallest absolute Gasteiger partial charge is 0.278 e. The zero-order valence-electron chi connectivity index (χ0n) is 13.8. The molecule has 6 nitrogen and oxygen atoms in total. The molecule has 0 atom stereocenters. The van der Waals surface area contributed by atoms with Gasteiger partial charge in [-0.15, -0.1) is 0 Å². The molecule has 7 heteroatoms. The number of anilines is 1. The van der Waals surface area contributed by atoms with E-state index >= 15 is 0 Å². The van der Waals surface area contributed by atoms with Crippen molar-refractivity contribution in [2.75, 3.05) is 32.1 Å². The van der Waals surface area contributed by atoms with E-state index in [2.05, 4.69) is 18.6 Å². The lowest BCUT2D eigenvalue weighted by molar-refractivity contribution is -0.116. The van der Waals surface area contributed by atoms with Crippen LogP contribution in [0.1, 0.15) is 32.3 Å². The summed E-state index contributed by atoms with van der Waals surface area (Å²) in [6.45, 7) is 6.05. The van der Waals surface area contributed by atoms with Crippen molar-refractivity contribution < 1.29 is 13.2 Å². The average molecular weight is 327 g/mol. The van der Waals surface area contributed by atoms with Crippen molar-refractivity contribution in [3.05, 3.63) is 29.8 Å². The summed E-state index contributed by atoms with van der Waals surface area (Å²) in [5, 5.41) is 0. The second-order valence-corrected chi connectivity index (χ2v) is 7.54. The largest absolute Gasteiger partial charge is 0.311 e. The highest BCUT2D eigenvalue weighted by molar-refractivity contribution is 7.87. The topological polar surface area (TPSA) is 69.7 Å². The zero-order valence-corrected chi connectivity index (χ0v) is 14.6. The first-order valence-electron chi connectivity index (χ1n) is 7.21. The van der Waals surface area contributed by atoms with E-state index in [1.54, 1.807) is 4.90 Å². The van der Waals surface area contributed by atoms with Crippen molar-refractivity contribution in [1.82, 2.24) is 9.03 Å². The molecule has 0 aliphatic rings. The first-order chi connectivity index (χ1) is 10.2. The summed E-state index contributed by atoms with van der Waals surface area (Å²) in [6.07, 6.45) is 0. The van der Waals surface area contributed by atoms with Crippen LogP contribution < -0.4 is 9.62 Å². The van der Waals surface area contributed by atoms with Crippen LogP contribution in [0.25, 0.3) is 0 Å². The van der Waals surface area contributed by atoms with Gasteiger partial charge < -0.3 is 4.90 Å². The zero-order chi connectivity index (χ0) is 16.9. The lowest BCUT2D eigenvalue weighted by Crippen LogP contribution is -2.42. The number of para-hydroxylation sites is 1. The third-order valence-electron chi connectivity index (χ3n) is 3.33. The number of hydrogen-bond acceptors (Lipinski definition) is 3. The minimum absolute atomic E-state index is 0.114. The minimum atomic E-state index is -3.48. The van der Waals surface area contributed by atoms with Crippen LogP contribution in [0.5, 0.6) is 0 Å². The molecule has 22 heavy (non-hydrogen) atoms. The third kappa shape index (κ3) is 4.79. The molecular formula is C15H25N3O3S. The van der Waals surface area contributed by atoms with Crippen molar-refractivity contribution in [1.29, 1.82) is 0 Å². The molecule has 0 fully saturated rings. The molecule has 1 aromatic rings. The number of carbonyl (C=O) groups excluding carboxylic acids is 1. The van der Waals surface area contributed by atoms with Crippen molar-refractivity contribution in [3.63, 3.8) is 0 Å². The molecule has 0 unspecified atom stereocenters. The molecule has 1 rings (SSSR count). The fraction of sp³-hybridized carbons (Fsp3) is 0.533. The number of amides is 1. The van der Waals surface area contributed by atoms with E-state index in [0.29, 0.717) is 0 Å². The molecule has 0 saturated heterocycles. The van der Waals surface area contributed by atoms with Crippen molar-refractivity contribution in [2.45, 2.75) is 26.7 Å². The van der Waals surface area contributed by atoms with Gasteiger partial charge in [0.1, 0.15) is 0 Å². The molecular weight excluding hydrogens is 302 g/mol. The molecule has 0 saturated carbocycles.